The van der Waals surface area contributed by atoms with Crippen LogP contribution in [0.4, 0.5) is 4.39 Å². The van der Waals surface area contributed by atoms with E-state index in [4.69, 9.17) is 10.4 Å². The summed E-state index contributed by atoms with van der Waals surface area (Å²) in [7, 11) is -3.90. The van der Waals surface area contributed by atoms with Gasteiger partial charge in [0.1, 0.15) is 11.9 Å². The molecule has 0 heterocycles. The van der Waals surface area contributed by atoms with E-state index in [-0.39, 0.29) is 29.8 Å². The number of hydrogen-bond donors (Lipinski definition) is 2. The maximum atomic E-state index is 13.3. The molecular weight excluding hydrogens is 275 g/mol. The number of hydrogen-bond acceptors (Lipinski definition) is 4. The molecule has 1 rings (SSSR count). The van der Waals surface area contributed by atoms with Crippen LogP contribution in [0, 0.1) is 17.1 Å². The molecule has 0 saturated heterocycles. The van der Waals surface area contributed by atoms with Crippen molar-refractivity contribution in [3.05, 3.63) is 29.6 Å². The molecule has 102 valence electrons. The van der Waals surface area contributed by atoms with Crippen molar-refractivity contribution in [3.63, 3.8) is 0 Å². The summed E-state index contributed by atoms with van der Waals surface area (Å²) in [4.78, 5) is 9.95. The number of nitrogens with zero attached hydrogens (tertiary/aromatic N) is 1. The number of rotatable bonds is 6. The minimum Gasteiger partial charge on any atom is -0.481 e. The summed E-state index contributed by atoms with van der Waals surface area (Å²) in [5.74, 6) is -1.94. The summed E-state index contributed by atoms with van der Waals surface area (Å²) < 4.78 is 38.9. The van der Waals surface area contributed by atoms with Crippen LogP contribution in [0.5, 0.6) is 0 Å². The van der Waals surface area contributed by atoms with E-state index < -0.39 is 21.8 Å². The van der Waals surface area contributed by atoms with E-state index >= 15 is 0 Å². The van der Waals surface area contributed by atoms with Crippen LogP contribution in [0.25, 0.3) is 0 Å². The van der Waals surface area contributed by atoms with E-state index in [0.717, 1.165) is 18.2 Å². The van der Waals surface area contributed by atoms with Gasteiger partial charge in [0.2, 0.25) is 10.0 Å². The number of benzene rings is 1. The topological polar surface area (TPSA) is 107 Å². The average molecular weight is 286 g/mol. The standard InChI is InChI=1S/C11H11FN2O4S/c12-10-6-9(4-3-8(10)7-13)19(17,18)14-5-1-2-11(15)16/h3-4,6,14H,1-2,5H2,(H,15,16). The highest BCUT2D eigenvalue weighted by Crippen LogP contribution is 2.14. The number of carboxylic acids is 1. The Morgan fingerprint density at radius 3 is 2.68 bits per heavy atom. The average Bonchev–Trinajstić information content (AvgIpc) is 2.34. The Bertz CT molecular complexity index is 622. The van der Waals surface area contributed by atoms with Gasteiger partial charge in [0.15, 0.2) is 0 Å². The van der Waals surface area contributed by atoms with E-state index in [1.165, 1.54) is 0 Å². The molecule has 0 bridgehead atoms. The van der Waals surface area contributed by atoms with Gasteiger partial charge >= 0.3 is 5.97 Å². The van der Waals surface area contributed by atoms with Gasteiger partial charge in [0.25, 0.3) is 0 Å². The zero-order valence-corrected chi connectivity index (χ0v) is 10.6. The van der Waals surface area contributed by atoms with Crippen molar-refractivity contribution in [2.75, 3.05) is 6.54 Å². The van der Waals surface area contributed by atoms with Crippen LogP contribution in [-0.2, 0) is 14.8 Å². The van der Waals surface area contributed by atoms with Gasteiger partial charge in [0, 0.05) is 13.0 Å². The maximum Gasteiger partial charge on any atom is 0.303 e. The van der Waals surface area contributed by atoms with Gasteiger partial charge in [-0.25, -0.2) is 17.5 Å². The lowest BCUT2D eigenvalue weighted by molar-refractivity contribution is -0.137. The van der Waals surface area contributed by atoms with Crippen molar-refractivity contribution in [2.24, 2.45) is 0 Å². The lowest BCUT2D eigenvalue weighted by Gasteiger charge is -2.06. The fraction of sp³-hybridized carbons (Fsp3) is 0.273. The first-order valence-electron chi connectivity index (χ1n) is 5.28. The number of halogens is 1. The quantitative estimate of drug-likeness (QED) is 0.753. The van der Waals surface area contributed by atoms with E-state index in [0.29, 0.717) is 0 Å². The normalized spacial score (nSPS) is 10.9. The van der Waals surface area contributed by atoms with Gasteiger partial charge in [-0.3, -0.25) is 4.79 Å². The smallest absolute Gasteiger partial charge is 0.303 e. The Morgan fingerprint density at radius 2 is 2.16 bits per heavy atom. The Hall–Kier alpha value is -1.98. The molecule has 0 amide bonds. The van der Waals surface area contributed by atoms with Gasteiger partial charge in [-0.15, -0.1) is 0 Å². The largest absolute Gasteiger partial charge is 0.481 e. The molecule has 0 fully saturated rings. The van der Waals surface area contributed by atoms with Gasteiger partial charge in [0.05, 0.1) is 10.5 Å². The lowest BCUT2D eigenvalue weighted by atomic mass is 10.2. The summed E-state index contributed by atoms with van der Waals surface area (Å²) in [6, 6.07) is 4.51. The van der Waals surface area contributed by atoms with Crippen LogP contribution in [0.15, 0.2) is 23.1 Å². The van der Waals surface area contributed by atoms with Crippen molar-refractivity contribution in [1.82, 2.24) is 4.72 Å². The van der Waals surface area contributed by atoms with Crippen LogP contribution in [0.3, 0.4) is 0 Å². The summed E-state index contributed by atoms with van der Waals surface area (Å²) >= 11 is 0. The molecule has 8 heteroatoms. The molecule has 0 aliphatic carbocycles. The second kappa shape index (κ2) is 6.26. The van der Waals surface area contributed by atoms with E-state index in [2.05, 4.69) is 4.72 Å². The third kappa shape index (κ3) is 4.31. The van der Waals surface area contributed by atoms with Crippen molar-refractivity contribution in [1.29, 1.82) is 5.26 Å². The molecule has 2 N–H and O–H groups in total. The molecule has 0 spiro atoms. The molecule has 0 atom stereocenters. The molecule has 0 aromatic heterocycles. The highest BCUT2D eigenvalue weighted by Gasteiger charge is 2.15. The summed E-state index contributed by atoms with van der Waals surface area (Å²) in [6.07, 6.45) is -0.0302. The van der Waals surface area contributed by atoms with E-state index in [1.54, 1.807) is 6.07 Å². The van der Waals surface area contributed by atoms with Crippen molar-refractivity contribution in [2.45, 2.75) is 17.7 Å². The van der Waals surface area contributed by atoms with Crippen molar-refractivity contribution < 1.29 is 22.7 Å². The number of nitrogens with one attached hydrogen (secondary N) is 1. The van der Waals surface area contributed by atoms with Crippen LogP contribution >= 0.6 is 0 Å². The first kappa shape index (κ1) is 15.1. The molecular formula is C11H11FN2O4S. The van der Waals surface area contributed by atoms with Gasteiger partial charge in [-0.05, 0) is 24.6 Å². The van der Waals surface area contributed by atoms with Gasteiger partial charge in [-0.2, -0.15) is 5.26 Å². The first-order chi connectivity index (χ1) is 8.86. The molecule has 0 aliphatic rings. The van der Waals surface area contributed by atoms with Crippen LogP contribution in [0.2, 0.25) is 0 Å². The second-order valence-corrected chi connectivity index (χ2v) is 5.42. The Kier molecular flexibility index (Phi) is 4.97. The number of carbonyl (C=O) groups is 1. The van der Waals surface area contributed by atoms with E-state index in [1.807, 2.05) is 0 Å². The highest BCUT2D eigenvalue weighted by molar-refractivity contribution is 7.89. The van der Waals surface area contributed by atoms with Crippen LogP contribution in [-0.4, -0.2) is 26.0 Å². The minimum absolute atomic E-state index is 0.0593. The zero-order valence-electron chi connectivity index (χ0n) is 9.76. The predicted molar refractivity (Wildman–Crippen MR) is 63.2 cm³/mol. The Balaban J connectivity index is 2.75. The number of carboxylic acid groups (broad SMARTS) is 1. The predicted octanol–water partition coefficient (Wildman–Crippen LogP) is 0.840. The molecule has 19 heavy (non-hydrogen) atoms. The fourth-order valence-corrected chi connectivity index (χ4v) is 2.37. The summed E-state index contributed by atoms with van der Waals surface area (Å²) in [5, 5.41) is 16.9. The Labute approximate surface area is 109 Å². The zero-order chi connectivity index (χ0) is 14.5. The molecule has 6 nitrogen and oxygen atoms in total. The number of nitriles is 1. The van der Waals surface area contributed by atoms with Crippen LogP contribution < -0.4 is 4.72 Å². The van der Waals surface area contributed by atoms with Gasteiger partial charge in [-0.1, -0.05) is 0 Å². The van der Waals surface area contributed by atoms with Gasteiger partial charge < -0.3 is 5.11 Å². The second-order valence-electron chi connectivity index (χ2n) is 3.65. The molecule has 0 aliphatic heterocycles. The molecule has 1 aromatic rings. The third-order valence-corrected chi connectivity index (χ3v) is 3.69. The first-order valence-corrected chi connectivity index (χ1v) is 6.76. The SMILES string of the molecule is N#Cc1ccc(S(=O)(=O)NCCCC(=O)O)cc1F. The lowest BCUT2D eigenvalue weighted by Crippen LogP contribution is -2.25. The maximum absolute atomic E-state index is 13.3. The van der Waals surface area contributed by atoms with Crippen molar-refractivity contribution >= 4 is 16.0 Å². The third-order valence-electron chi connectivity index (χ3n) is 2.23. The number of sulfonamides is 1. The summed E-state index contributed by atoms with van der Waals surface area (Å²) in [6.45, 7) is -0.0593. The fourth-order valence-electron chi connectivity index (χ4n) is 1.28. The highest BCUT2D eigenvalue weighted by atomic mass is 32.2. The molecule has 0 unspecified atom stereocenters. The van der Waals surface area contributed by atoms with E-state index in [9.17, 15) is 17.6 Å². The van der Waals surface area contributed by atoms with Crippen molar-refractivity contribution in [3.8, 4) is 6.07 Å². The molecule has 1 aromatic carbocycles. The monoisotopic (exact) mass is 286 g/mol. The Morgan fingerprint density at radius 1 is 1.47 bits per heavy atom. The molecule has 0 radical (unpaired) electrons. The summed E-state index contributed by atoms with van der Waals surface area (Å²) in [5.41, 5.74) is -0.246. The number of aliphatic carboxylic acids is 1. The molecule has 0 saturated carbocycles. The minimum atomic E-state index is -3.90. The van der Waals surface area contributed by atoms with Crippen LogP contribution in [0.1, 0.15) is 18.4 Å².